The Morgan fingerprint density at radius 2 is 2.08 bits per heavy atom. The minimum atomic E-state index is -0.640. The van der Waals surface area contributed by atoms with Crippen molar-refractivity contribution in [2.45, 2.75) is 33.1 Å². The molecule has 2 heteroatoms. The molecule has 1 fully saturated rings. The second-order valence-electron chi connectivity index (χ2n) is 4.28. The molecule has 0 aliphatic heterocycles. The van der Waals surface area contributed by atoms with Gasteiger partial charge in [0.05, 0.1) is 5.92 Å². The molecule has 1 rings (SSSR count). The zero-order chi connectivity index (χ0) is 10.0. The highest BCUT2D eigenvalue weighted by Gasteiger charge is 2.32. The lowest BCUT2D eigenvalue weighted by atomic mass is 9.73. The van der Waals surface area contributed by atoms with Crippen molar-refractivity contribution in [3.8, 4) is 0 Å². The molecule has 0 amide bonds. The molecule has 0 bridgehead atoms. The van der Waals surface area contributed by atoms with Crippen LogP contribution in [0.15, 0.2) is 12.2 Å². The highest BCUT2D eigenvalue weighted by molar-refractivity contribution is 5.70. The Morgan fingerprint density at radius 1 is 1.46 bits per heavy atom. The predicted molar refractivity (Wildman–Crippen MR) is 52.4 cm³/mol. The zero-order valence-corrected chi connectivity index (χ0v) is 8.42. The third-order valence-corrected chi connectivity index (χ3v) is 3.21. The van der Waals surface area contributed by atoms with Gasteiger partial charge >= 0.3 is 5.97 Å². The fourth-order valence-electron chi connectivity index (χ4n) is 2.11. The summed E-state index contributed by atoms with van der Waals surface area (Å²) in [4.78, 5) is 10.9. The highest BCUT2D eigenvalue weighted by Crippen LogP contribution is 2.36. The molecule has 0 radical (unpaired) electrons. The number of allylic oxidation sites excluding steroid dienone is 1. The van der Waals surface area contributed by atoms with Crippen molar-refractivity contribution >= 4 is 5.97 Å². The lowest BCUT2D eigenvalue weighted by Crippen LogP contribution is -2.29. The van der Waals surface area contributed by atoms with E-state index in [2.05, 4.69) is 6.58 Å². The van der Waals surface area contributed by atoms with E-state index in [9.17, 15) is 4.79 Å². The first-order chi connectivity index (χ1) is 6.02. The van der Waals surface area contributed by atoms with E-state index in [4.69, 9.17) is 5.11 Å². The van der Waals surface area contributed by atoms with Crippen LogP contribution in [0.25, 0.3) is 0 Å². The number of carboxylic acids is 1. The van der Waals surface area contributed by atoms with E-state index in [0.717, 1.165) is 24.8 Å². The quantitative estimate of drug-likeness (QED) is 0.667. The van der Waals surface area contributed by atoms with E-state index in [-0.39, 0.29) is 5.92 Å². The largest absolute Gasteiger partial charge is 0.481 e. The van der Waals surface area contributed by atoms with Crippen LogP contribution in [0.5, 0.6) is 0 Å². The number of carbonyl (C=O) groups is 1. The highest BCUT2D eigenvalue weighted by atomic mass is 16.4. The van der Waals surface area contributed by atoms with Crippen molar-refractivity contribution in [1.29, 1.82) is 0 Å². The summed E-state index contributed by atoms with van der Waals surface area (Å²) >= 11 is 0. The van der Waals surface area contributed by atoms with Crippen molar-refractivity contribution in [2.75, 3.05) is 0 Å². The van der Waals surface area contributed by atoms with E-state index >= 15 is 0 Å². The van der Waals surface area contributed by atoms with E-state index in [1.807, 2.05) is 13.8 Å². The summed E-state index contributed by atoms with van der Waals surface area (Å²) in [7, 11) is 0. The number of hydrogen-bond donors (Lipinski definition) is 1. The number of aliphatic carboxylic acids is 1. The van der Waals surface area contributed by atoms with Crippen LogP contribution >= 0.6 is 0 Å². The molecule has 0 spiro atoms. The van der Waals surface area contributed by atoms with Crippen LogP contribution in [0.1, 0.15) is 33.1 Å². The molecule has 3 unspecified atom stereocenters. The molecule has 13 heavy (non-hydrogen) atoms. The summed E-state index contributed by atoms with van der Waals surface area (Å²) in [6.07, 6.45) is 2.92. The fraction of sp³-hybridized carbons (Fsp3) is 0.727. The van der Waals surface area contributed by atoms with Gasteiger partial charge in [-0.25, -0.2) is 0 Å². The first kappa shape index (κ1) is 10.3. The van der Waals surface area contributed by atoms with Crippen LogP contribution in [0.4, 0.5) is 0 Å². The van der Waals surface area contributed by atoms with Gasteiger partial charge in [0.15, 0.2) is 0 Å². The Bertz CT molecular complexity index is 220. The van der Waals surface area contributed by atoms with Crippen LogP contribution in [0.2, 0.25) is 0 Å². The molecular formula is C11H18O2. The van der Waals surface area contributed by atoms with Crippen molar-refractivity contribution in [3.63, 3.8) is 0 Å². The minimum absolute atomic E-state index is 0.157. The third-order valence-electron chi connectivity index (χ3n) is 3.21. The Hall–Kier alpha value is -0.790. The lowest BCUT2D eigenvalue weighted by molar-refractivity contribution is -0.145. The Kier molecular flexibility index (Phi) is 3.12. The van der Waals surface area contributed by atoms with Gasteiger partial charge in [0.25, 0.3) is 0 Å². The average molecular weight is 182 g/mol. The van der Waals surface area contributed by atoms with Crippen LogP contribution in [0, 0.1) is 17.8 Å². The molecule has 3 atom stereocenters. The molecule has 0 saturated heterocycles. The van der Waals surface area contributed by atoms with Gasteiger partial charge < -0.3 is 5.11 Å². The van der Waals surface area contributed by atoms with Crippen LogP contribution < -0.4 is 0 Å². The van der Waals surface area contributed by atoms with Crippen molar-refractivity contribution in [1.82, 2.24) is 0 Å². The van der Waals surface area contributed by atoms with Crippen molar-refractivity contribution in [3.05, 3.63) is 12.2 Å². The van der Waals surface area contributed by atoms with Gasteiger partial charge in [0.1, 0.15) is 0 Å². The average Bonchev–Trinajstić information content (AvgIpc) is 2.04. The maximum atomic E-state index is 10.9. The van der Waals surface area contributed by atoms with Gasteiger partial charge in [0.2, 0.25) is 0 Å². The molecular weight excluding hydrogens is 164 g/mol. The maximum absolute atomic E-state index is 10.9. The third kappa shape index (κ3) is 2.33. The zero-order valence-electron chi connectivity index (χ0n) is 8.42. The van der Waals surface area contributed by atoms with Gasteiger partial charge in [-0.05, 0) is 38.0 Å². The SMILES string of the molecule is C=C(C)C1CCC(C)C(C(=O)O)C1. The summed E-state index contributed by atoms with van der Waals surface area (Å²) in [6.45, 7) is 7.94. The van der Waals surface area contributed by atoms with Crippen LogP contribution in [-0.4, -0.2) is 11.1 Å². The molecule has 0 heterocycles. The van der Waals surface area contributed by atoms with Gasteiger partial charge in [0, 0.05) is 0 Å². The molecule has 1 aliphatic carbocycles. The second kappa shape index (κ2) is 3.95. The standard InChI is InChI=1S/C11H18O2/c1-7(2)9-5-4-8(3)10(6-9)11(12)13/h8-10H,1,4-6H2,2-3H3,(H,12,13). The molecule has 74 valence electrons. The van der Waals surface area contributed by atoms with Crippen molar-refractivity contribution in [2.24, 2.45) is 17.8 Å². The molecule has 0 aromatic rings. The normalized spacial score (nSPS) is 34.2. The molecule has 0 aromatic carbocycles. The first-order valence-corrected chi connectivity index (χ1v) is 4.90. The fourth-order valence-corrected chi connectivity index (χ4v) is 2.11. The Morgan fingerprint density at radius 3 is 2.54 bits per heavy atom. The van der Waals surface area contributed by atoms with Crippen molar-refractivity contribution < 1.29 is 9.90 Å². The number of hydrogen-bond acceptors (Lipinski definition) is 1. The van der Waals surface area contributed by atoms with E-state index < -0.39 is 5.97 Å². The van der Waals surface area contributed by atoms with Gasteiger partial charge in [-0.2, -0.15) is 0 Å². The van der Waals surface area contributed by atoms with E-state index in [1.54, 1.807) is 0 Å². The minimum Gasteiger partial charge on any atom is -0.481 e. The van der Waals surface area contributed by atoms with E-state index in [0.29, 0.717) is 11.8 Å². The topological polar surface area (TPSA) is 37.3 Å². The van der Waals surface area contributed by atoms with Gasteiger partial charge in [-0.1, -0.05) is 19.1 Å². The number of carboxylic acid groups (broad SMARTS) is 1. The first-order valence-electron chi connectivity index (χ1n) is 4.90. The molecule has 0 aromatic heterocycles. The summed E-state index contributed by atoms with van der Waals surface area (Å²) < 4.78 is 0. The molecule has 1 saturated carbocycles. The molecule has 1 N–H and O–H groups in total. The summed E-state index contributed by atoms with van der Waals surface area (Å²) in [5.41, 5.74) is 1.14. The Labute approximate surface area is 79.6 Å². The number of rotatable bonds is 2. The maximum Gasteiger partial charge on any atom is 0.306 e. The Balaban J connectivity index is 2.63. The van der Waals surface area contributed by atoms with Gasteiger partial charge in [-0.3, -0.25) is 4.79 Å². The monoisotopic (exact) mass is 182 g/mol. The van der Waals surface area contributed by atoms with E-state index in [1.165, 1.54) is 0 Å². The van der Waals surface area contributed by atoms with Crippen LogP contribution in [-0.2, 0) is 4.79 Å². The summed E-state index contributed by atoms with van der Waals surface area (Å²) in [5.74, 6) is -0.0423. The van der Waals surface area contributed by atoms with Crippen LogP contribution in [0.3, 0.4) is 0 Å². The predicted octanol–water partition coefficient (Wildman–Crippen LogP) is 2.70. The smallest absolute Gasteiger partial charge is 0.306 e. The molecule has 2 nitrogen and oxygen atoms in total. The second-order valence-corrected chi connectivity index (χ2v) is 4.28. The summed E-state index contributed by atoms with van der Waals surface area (Å²) in [6, 6.07) is 0. The lowest BCUT2D eigenvalue weighted by Gasteiger charge is -2.31. The summed E-state index contributed by atoms with van der Waals surface area (Å²) in [5, 5.41) is 8.98. The van der Waals surface area contributed by atoms with Gasteiger partial charge in [-0.15, -0.1) is 0 Å². The molecule has 1 aliphatic rings.